The fourth-order valence-electron chi connectivity index (χ4n) is 2.95. The molecule has 0 saturated carbocycles. The molecule has 0 aromatic heterocycles. The van der Waals surface area contributed by atoms with Gasteiger partial charge in [-0.1, -0.05) is 30.1 Å². The van der Waals surface area contributed by atoms with E-state index in [2.05, 4.69) is 0 Å². The fraction of sp³-hybridized carbons (Fsp3) is 0.667. The quantitative estimate of drug-likeness (QED) is 0.546. The molecule has 2 aliphatic heterocycles. The molecule has 0 aromatic rings. The number of hydrogen-bond acceptors (Lipinski definition) is 6. The van der Waals surface area contributed by atoms with Crippen molar-refractivity contribution in [2.24, 2.45) is 5.92 Å². The third kappa shape index (κ3) is 6.49. The van der Waals surface area contributed by atoms with E-state index in [4.69, 9.17) is 22.1 Å². The minimum atomic E-state index is -0.888. The molecule has 7 nitrogen and oxygen atoms in total. The van der Waals surface area contributed by atoms with Gasteiger partial charge in [0.25, 0.3) is 5.91 Å². The number of hydrogen-bond donors (Lipinski definition) is 1. The van der Waals surface area contributed by atoms with Gasteiger partial charge in [0.15, 0.2) is 0 Å². The SMILES string of the molecule is CC(C)(C)OC(=O)N1CCCC(/C=C2\SC(=S)N(CCCC(=O)O)C2=O)C1. The second-order valence-electron chi connectivity index (χ2n) is 7.68. The van der Waals surface area contributed by atoms with E-state index in [9.17, 15) is 14.4 Å². The number of carbonyl (C=O) groups excluding carboxylic acids is 2. The van der Waals surface area contributed by atoms with Crippen molar-refractivity contribution in [2.45, 2.75) is 52.1 Å². The van der Waals surface area contributed by atoms with Crippen LogP contribution >= 0.6 is 24.0 Å². The fourth-order valence-corrected chi connectivity index (χ4v) is 4.32. The largest absolute Gasteiger partial charge is 0.481 e. The van der Waals surface area contributed by atoms with Crippen molar-refractivity contribution in [2.75, 3.05) is 19.6 Å². The molecule has 1 atom stereocenters. The summed E-state index contributed by atoms with van der Waals surface area (Å²) in [6, 6.07) is 0. The molecule has 0 aromatic carbocycles. The second-order valence-corrected chi connectivity index (χ2v) is 9.36. The predicted octanol–water partition coefficient (Wildman–Crippen LogP) is 3.24. The zero-order valence-electron chi connectivity index (χ0n) is 15.9. The van der Waals surface area contributed by atoms with Gasteiger partial charge < -0.3 is 14.7 Å². The number of nitrogens with zero attached hydrogens (tertiary/aromatic N) is 2. The van der Waals surface area contributed by atoms with Crippen LogP contribution in [0.15, 0.2) is 11.0 Å². The summed E-state index contributed by atoms with van der Waals surface area (Å²) >= 11 is 6.50. The number of ether oxygens (including phenoxy) is 1. The summed E-state index contributed by atoms with van der Waals surface area (Å²) in [5.41, 5.74) is -0.539. The highest BCUT2D eigenvalue weighted by Crippen LogP contribution is 2.33. The van der Waals surface area contributed by atoms with E-state index in [1.54, 1.807) is 4.90 Å². The minimum Gasteiger partial charge on any atom is -0.481 e. The van der Waals surface area contributed by atoms with Crippen molar-refractivity contribution in [3.8, 4) is 0 Å². The summed E-state index contributed by atoms with van der Waals surface area (Å²) in [6.07, 6.45) is 3.67. The van der Waals surface area contributed by atoms with E-state index < -0.39 is 11.6 Å². The Kier molecular flexibility index (Phi) is 7.27. The monoisotopic (exact) mass is 414 g/mol. The van der Waals surface area contributed by atoms with E-state index in [1.807, 2.05) is 26.8 Å². The number of piperidine rings is 1. The number of carbonyl (C=O) groups is 3. The second kappa shape index (κ2) is 9.05. The summed E-state index contributed by atoms with van der Waals surface area (Å²) in [5.74, 6) is -0.996. The van der Waals surface area contributed by atoms with E-state index in [0.29, 0.717) is 35.3 Å². The third-order valence-electron chi connectivity index (χ3n) is 4.14. The van der Waals surface area contributed by atoms with Crippen molar-refractivity contribution in [3.05, 3.63) is 11.0 Å². The average molecular weight is 415 g/mol. The van der Waals surface area contributed by atoms with Crippen LogP contribution in [-0.4, -0.2) is 62.4 Å². The number of amides is 2. The number of carboxylic acid groups (broad SMARTS) is 1. The van der Waals surface area contributed by atoms with Gasteiger partial charge in [-0.15, -0.1) is 0 Å². The molecule has 2 aliphatic rings. The topological polar surface area (TPSA) is 87.2 Å². The molecule has 0 spiro atoms. The number of thiocarbonyl (C=S) groups is 1. The molecular weight excluding hydrogens is 388 g/mol. The lowest BCUT2D eigenvalue weighted by atomic mass is 9.97. The van der Waals surface area contributed by atoms with Crippen LogP contribution in [0.3, 0.4) is 0 Å². The smallest absolute Gasteiger partial charge is 0.410 e. The molecule has 27 heavy (non-hydrogen) atoms. The van der Waals surface area contributed by atoms with E-state index in [1.165, 1.54) is 16.7 Å². The average Bonchev–Trinajstić information content (AvgIpc) is 2.80. The lowest BCUT2D eigenvalue weighted by molar-refractivity contribution is -0.137. The van der Waals surface area contributed by atoms with Crippen LogP contribution in [-0.2, 0) is 14.3 Å². The van der Waals surface area contributed by atoms with Gasteiger partial charge in [-0.05, 0) is 46.0 Å². The number of aliphatic carboxylic acids is 1. The molecule has 0 radical (unpaired) electrons. The van der Waals surface area contributed by atoms with Crippen molar-refractivity contribution in [3.63, 3.8) is 0 Å². The van der Waals surface area contributed by atoms with Crippen LogP contribution < -0.4 is 0 Å². The number of carboxylic acids is 1. The Morgan fingerprint density at radius 2 is 2.11 bits per heavy atom. The molecule has 2 fully saturated rings. The zero-order chi connectivity index (χ0) is 20.2. The third-order valence-corrected chi connectivity index (χ3v) is 5.54. The summed E-state index contributed by atoms with van der Waals surface area (Å²) in [4.78, 5) is 39.2. The maximum absolute atomic E-state index is 12.6. The molecule has 0 bridgehead atoms. The molecule has 2 saturated heterocycles. The molecule has 2 rings (SSSR count). The first-order chi connectivity index (χ1) is 12.6. The van der Waals surface area contributed by atoms with Gasteiger partial charge in [0.05, 0.1) is 4.91 Å². The molecule has 1 N–H and O–H groups in total. The molecular formula is C18H26N2O5S2. The molecule has 150 valence electrons. The Bertz CT molecular complexity index is 657. The highest BCUT2D eigenvalue weighted by molar-refractivity contribution is 8.26. The van der Waals surface area contributed by atoms with Crippen molar-refractivity contribution in [1.29, 1.82) is 0 Å². The van der Waals surface area contributed by atoms with Crippen molar-refractivity contribution in [1.82, 2.24) is 9.80 Å². The normalized spacial score (nSPS) is 22.5. The highest BCUT2D eigenvalue weighted by atomic mass is 32.2. The van der Waals surface area contributed by atoms with Crippen LogP contribution in [0.5, 0.6) is 0 Å². The Morgan fingerprint density at radius 3 is 2.74 bits per heavy atom. The maximum atomic E-state index is 12.6. The van der Waals surface area contributed by atoms with Gasteiger partial charge in [-0.2, -0.15) is 0 Å². The first-order valence-corrected chi connectivity index (χ1v) is 10.2. The highest BCUT2D eigenvalue weighted by Gasteiger charge is 2.33. The number of likely N-dealkylation sites (tertiary alicyclic amines) is 1. The maximum Gasteiger partial charge on any atom is 0.410 e. The standard InChI is InChI=1S/C18H26N2O5S2/c1-18(2,3)25-16(24)19-8-4-6-12(11-19)10-13-15(23)20(17(26)27-13)9-5-7-14(21)22/h10,12H,4-9,11H2,1-3H3,(H,21,22)/b13-10-. The first-order valence-electron chi connectivity index (χ1n) is 9.02. The van der Waals surface area contributed by atoms with Crippen LogP contribution in [0.2, 0.25) is 0 Å². The summed E-state index contributed by atoms with van der Waals surface area (Å²) < 4.78 is 5.89. The zero-order valence-corrected chi connectivity index (χ0v) is 17.5. The number of thioether (sulfide) groups is 1. The first kappa shape index (κ1) is 21.7. The summed E-state index contributed by atoms with van der Waals surface area (Å²) in [6.45, 7) is 6.97. The predicted molar refractivity (Wildman–Crippen MR) is 107 cm³/mol. The molecule has 2 heterocycles. The van der Waals surface area contributed by atoms with Gasteiger partial charge in [0.1, 0.15) is 9.92 Å². The van der Waals surface area contributed by atoms with Gasteiger partial charge in [0, 0.05) is 26.1 Å². The molecule has 0 aliphatic carbocycles. The van der Waals surface area contributed by atoms with Gasteiger partial charge >= 0.3 is 12.1 Å². The van der Waals surface area contributed by atoms with E-state index in [-0.39, 0.29) is 24.3 Å². The van der Waals surface area contributed by atoms with Crippen molar-refractivity contribution < 1.29 is 24.2 Å². The van der Waals surface area contributed by atoms with Crippen LogP contribution in [0, 0.1) is 5.92 Å². The van der Waals surface area contributed by atoms with Crippen LogP contribution in [0.4, 0.5) is 4.79 Å². The van der Waals surface area contributed by atoms with Gasteiger partial charge in [0.2, 0.25) is 0 Å². The Morgan fingerprint density at radius 1 is 1.41 bits per heavy atom. The van der Waals surface area contributed by atoms with Gasteiger partial charge in [-0.25, -0.2) is 4.79 Å². The lowest BCUT2D eigenvalue weighted by Crippen LogP contribution is -2.42. The Labute approximate surface area is 169 Å². The molecule has 1 unspecified atom stereocenters. The Balaban J connectivity index is 1.97. The van der Waals surface area contributed by atoms with Gasteiger partial charge in [-0.3, -0.25) is 14.5 Å². The van der Waals surface area contributed by atoms with Crippen LogP contribution in [0.25, 0.3) is 0 Å². The van der Waals surface area contributed by atoms with E-state index >= 15 is 0 Å². The van der Waals surface area contributed by atoms with Crippen molar-refractivity contribution >= 4 is 46.3 Å². The lowest BCUT2D eigenvalue weighted by Gasteiger charge is -2.33. The summed E-state index contributed by atoms with van der Waals surface area (Å²) in [7, 11) is 0. The van der Waals surface area contributed by atoms with Crippen LogP contribution in [0.1, 0.15) is 46.5 Å². The minimum absolute atomic E-state index is 0.00355. The number of rotatable bonds is 5. The Hall–Kier alpha value is -1.61. The van der Waals surface area contributed by atoms with E-state index in [0.717, 1.165) is 12.8 Å². The molecule has 2 amide bonds. The molecule has 9 heteroatoms. The summed E-state index contributed by atoms with van der Waals surface area (Å²) in [5, 5.41) is 8.73.